The van der Waals surface area contributed by atoms with E-state index in [0.29, 0.717) is 6.54 Å². The highest BCUT2D eigenvalue weighted by Crippen LogP contribution is 2.37. The lowest BCUT2D eigenvalue weighted by Crippen LogP contribution is -2.44. The third-order valence-corrected chi connectivity index (χ3v) is 4.44. The number of likely N-dealkylation sites (tertiary alicyclic amines) is 1. The zero-order valence-corrected chi connectivity index (χ0v) is 12.2. The molecule has 2 N–H and O–H groups in total. The number of rotatable bonds is 2. The predicted molar refractivity (Wildman–Crippen MR) is 77.7 cm³/mol. The van der Waals surface area contributed by atoms with Crippen molar-refractivity contribution < 1.29 is 0 Å². The standard InChI is InChI=1S/C16H26N2/c1-15(2,3)13-6-8-14(9-7-13)16(12-17)10-5-11-18(16)4/h6-9H,5,10-12,17H2,1-4H3. The highest BCUT2D eigenvalue weighted by atomic mass is 15.2. The largest absolute Gasteiger partial charge is 0.328 e. The summed E-state index contributed by atoms with van der Waals surface area (Å²) in [5.74, 6) is 0. The summed E-state index contributed by atoms with van der Waals surface area (Å²) >= 11 is 0. The Morgan fingerprint density at radius 3 is 2.22 bits per heavy atom. The van der Waals surface area contributed by atoms with E-state index in [0.717, 1.165) is 6.54 Å². The Morgan fingerprint density at radius 2 is 1.83 bits per heavy atom. The topological polar surface area (TPSA) is 29.3 Å². The van der Waals surface area contributed by atoms with Gasteiger partial charge < -0.3 is 5.73 Å². The number of hydrogen-bond donors (Lipinski definition) is 1. The van der Waals surface area contributed by atoms with Crippen LogP contribution in [0.3, 0.4) is 0 Å². The first-order valence-corrected chi connectivity index (χ1v) is 6.92. The lowest BCUT2D eigenvalue weighted by molar-refractivity contribution is 0.183. The molecule has 0 saturated carbocycles. The second-order valence-corrected chi connectivity index (χ2v) is 6.59. The maximum Gasteiger partial charge on any atom is 0.0581 e. The molecule has 1 unspecified atom stereocenters. The van der Waals surface area contributed by atoms with Crippen LogP contribution in [0.1, 0.15) is 44.7 Å². The van der Waals surface area contributed by atoms with E-state index in [4.69, 9.17) is 5.73 Å². The summed E-state index contributed by atoms with van der Waals surface area (Å²) in [7, 11) is 2.19. The number of hydrogen-bond acceptors (Lipinski definition) is 2. The van der Waals surface area contributed by atoms with Crippen molar-refractivity contribution in [1.82, 2.24) is 4.90 Å². The molecule has 1 atom stereocenters. The highest BCUT2D eigenvalue weighted by molar-refractivity contribution is 5.33. The smallest absolute Gasteiger partial charge is 0.0581 e. The van der Waals surface area contributed by atoms with E-state index < -0.39 is 0 Å². The van der Waals surface area contributed by atoms with Crippen molar-refractivity contribution in [2.45, 2.75) is 44.6 Å². The van der Waals surface area contributed by atoms with Crippen molar-refractivity contribution in [2.24, 2.45) is 5.73 Å². The van der Waals surface area contributed by atoms with Gasteiger partial charge in [0.25, 0.3) is 0 Å². The average Bonchev–Trinajstić information content (AvgIpc) is 2.71. The minimum Gasteiger partial charge on any atom is -0.328 e. The Morgan fingerprint density at radius 1 is 1.22 bits per heavy atom. The van der Waals surface area contributed by atoms with E-state index in [1.54, 1.807) is 0 Å². The van der Waals surface area contributed by atoms with E-state index in [1.807, 2.05) is 0 Å². The molecule has 0 spiro atoms. The van der Waals surface area contributed by atoms with Crippen LogP contribution in [0.15, 0.2) is 24.3 Å². The van der Waals surface area contributed by atoms with Crippen molar-refractivity contribution in [3.05, 3.63) is 35.4 Å². The molecule has 100 valence electrons. The number of nitrogens with two attached hydrogens (primary N) is 1. The van der Waals surface area contributed by atoms with Crippen LogP contribution in [0.4, 0.5) is 0 Å². The SMILES string of the molecule is CN1CCCC1(CN)c1ccc(C(C)(C)C)cc1. The van der Waals surface area contributed by atoms with Crippen molar-refractivity contribution in [3.8, 4) is 0 Å². The summed E-state index contributed by atoms with van der Waals surface area (Å²) in [6, 6.07) is 9.07. The molecule has 0 radical (unpaired) electrons. The third-order valence-electron chi connectivity index (χ3n) is 4.44. The van der Waals surface area contributed by atoms with Gasteiger partial charge in [0.05, 0.1) is 5.54 Å². The fraction of sp³-hybridized carbons (Fsp3) is 0.625. The van der Waals surface area contributed by atoms with Crippen LogP contribution in [0.2, 0.25) is 0 Å². The van der Waals surface area contributed by atoms with Gasteiger partial charge in [0.15, 0.2) is 0 Å². The van der Waals surface area contributed by atoms with Crippen molar-refractivity contribution in [3.63, 3.8) is 0 Å². The Hall–Kier alpha value is -0.860. The summed E-state index contributed by atoms with van der Waals surface area (Å²) in [6.45, 7) is 8.61. The van der Waals surface area contributed by atoms with Crippen LogP contribution in [0, 0.1) is 0 Å². The number of benzene rings is 1. The molecule has 2 rings (SSSR count). The van der Waals surface area contributed by atoms with Crippen LogP contribution in [-0.4, -0.2) is 25.0 Å². The summed E-state index contributed by atoms with van der Waals surface area (Å²) in [5.41, 5.74) is 9.12. The fourth-order valence-corrected chi connectivity index (χ4v) is 3.03. The molecular formula is C16H26N2. The molecule has 1 fully saturated rings. The predicted octanol–water partition coefficient (Wildman–Crippen LogP) is 2.86. The maximum absolute atomic E-state index is 6.07. The van der Waals surface area contributed by atoms with Crippen molar-refractivity contribution in [1.29, 1.82) is 0 Å². The second kappa shape index (κ2) is 4.67. The van der Waals surface area contributed by atoms with Gasteiger partial charge in [0.1, 0.15) is 0 Å². The minimum absolute atomic E-state index is 0.0659. The van der Waals surface area contributed by atoms with E-state index in [9.17, 15) is 0 Å². The molecule has 1 aromatic rings. The molecule has 2 nitrogen and oxygen atoms in total. The van der Waals surface area contributed by atoms with E-state index >= 15 is 0 Å². The molecular weight excluding hydrogens is 220 g/mol. The Bertz CT molecular complexity index is 402. The Labute approximate surface area is 111 Å². The molecule has 0 bridgehead atoms. The molecule has 1 saturated heterocycles. The number of likely N-dealkylation sites (N-methyl/N-ethyl adjacent to an activating group) is 1. The first-order valence-electron chi connectivity index (χ1n) is 6.92. The van der Waals surface area contributed by atoms with Gasteiger partial charge in [-0.2, -0.15) is 0 Å². The van der Waals surface area contributed by atoms with Crippen LogP contribution >= 0.6 is 0 Å². The molecule has 0 aromatic heterocycles. The van der Waals surface area contributed by atoms with Gasteiger partial charge in [-0.05, 0) is 43.0 Å². The van der Waals surface area contributed by atoms with E-state index in [1.165, 1.54) is 24.0 Å². The molecule has 2 heteroatoms. The average molecular weight is 246 g/mol. The van der Waals surface area contributed by atoms with Gasteiger partial charge in [-0.15, -0.1) is 0 Å². The summed E-state index contributed by atoms with van der Waals surface area (Å²) in [5, 5.41) is 0. The normalized spacial score (nSPS) is 25.6. The quantitative estimate of drug-likeness (QED) is 0.869. The fourth-order valence-electron chi connectivity index (χ4n) is 3.03. The third kappa shape index (κ3) is 2.19. The first kappa shape index (κ1) is 13.6. The number of nitrogens with zero attached hydrogens (tertiary/aromatic N) is 1. The molecule has 1 heterocycles. The van der Waals surface area contributed by atoms with Gasteiger partial charge in [-0.3, -0.25) is 4.90 Å². The molecule has 0 amide bonds. The monoisotopic (exact) mass is 246 g/mol. The molecule has 0 aliphatic carbocycles. The lowest BCUT2D eigenvalue weighted by atomic mass is 9.82. The maximum atomic E-state index is 6.07. The zero-order valence-electron chi connectivity index (χ0n) is 12.2. The summed E-state index contributed by atoms with van der Waals surface area (Å²) < 4.78 is 0. The Kier molecular flexibility index (Phi) is 3.52. The van der Waals surface area contributed by atoms with Gasteiger partial charge in [0.2, 0.25) is 0 Å². The van der Waals surface area contributed by atoms with E-state index in [-0.39, 0.29) is 11.0 Å². The highest BCUT2D eigenvalue weighted by Gasteiger charge is 2.38. The van der Waals surface area contributed by atoms with Crippen LogP contribution < -0.4 is 5.73 Å². The van der Waals surface area contributed by atoms with Gasteiger partial charge in [0, 0.05) is 6.54 Å². The first-order chi connectivity index (χ1) is 8.40. The molecule has 18 heavy (non-hydrogen) atoms. The van der Waals surface area contributed by atoms with Gasteiger partial charge in [-0.25, -0.2) is 0 Å². The summed E-state index contributed by atoms with van der Waals surface area (Å²) in [4.78, 5) is 2.42. The van der Waals surface area contributed by atoms with Gasteiger partial charge >= 0.3 is 0 Å². The van der Waals surface area contributed by atoms with Crippen molar-refractivity contribution in [2.75, 3.05) is 20.1 Å². The molecule has 1 aliphatic rings. The van der Waals surface area contributed by atoms with Gasteiger partial charge in [-0.1, -0.05) is 45.0 Å². The van der Waals surface area contributed by atoms with Crippen LogP contribution in [-0.2, 0) is 11.0 Å². The minimum atomic E-state index is 0.0659. The zero-order chi connectivity index (χ0) is 13.4. The Balaban J connectivity index is 2.34. The lowest BCUT2D eigenvalue weighted by Gasteiger charge is -2.36. The summed E-state index contributed by atoms with van der Waals surface area (Å²) in [6.07, 6.45) is 2.42. The molecule has 1 aromatic carbocycles. The molecule has 1 aliphatic heterocycles. The van der Waals surface area contributed by atoms with E-state index in [2.05, 4.69) is 57.0 Å². The second-order valence-electron chi connectivity index (χ2n) is 6.59. The van der Waals surface area contributed by atoms with Crippen LogP contribution in [0.25, 0.3) is 0 Å². The van der Waals surface area contributed by atoms with Crippen LogP contribution in [0.5, 0.6) is 0 Å². The van der Waals surface area contributed by atoms with Crippen molar-refractivity contribution >= 4 is 0 Å².